The number of hydrogen-bond donors (Lipinski definition) is 1. The van der Waals surface area contributed by atoms with Gasteiger partial charge in [0.25, 0.3) is 0 Å². The van der Waals surface area contributed by atoms with E-state index in [1.54, 1.807) is 0 Å². The first-order valence-corrected chi connectivity index (χ1v) is 6.87. The van der Waals surface area contributed by atoms with Gasteiger partial charge in [-0.15, -0.1) is 0 Å². The molecule has 0 saturated heterocycles. The van der Waals surface area contributed by atoms with Crippen LogP contribution in [-0.2, 0) is 6.42 Å². The van der Waals surface area contributed by atoms with Gasteiger partial charge in [-0.3, -0.25) is 0 Å². The summed E-state index contributed by atoms with van der Waals surface area (Å²) in [5.74, 6) is 0.696. The lowest BCUT2D eigenvalue weighted by Gasteiger charge is -2.24. The molecule has 0 fully saturated rings. The molecule has 1 aromatic rings. The monoisotopic (exact) mass is 233 g/mol. The lowest BCUT2D eigenvalue weighted by molar-refractivity contribution is 0.371. The van der Waals surface area contributed by atoms with Gasteiger partial charge >= 0.3 is 0 Å². The standard InChI is InChI=1S/C16H27N/c1-6-16(17-7-2)14(5)11-15-9-12(3)8-13(4)10-15/h8-10,14,16-17H,6-7,11H2,1-5H3. The predicted octanol–water partition coefficient (Wildman–Crippen LogP) is 3.87. The molecule has 0 bridgehead atoms. The third-order valence-electron chi connectivity index (χ3n) is 3.43. The molecule has 1 N–H and O–H groups in total. The van der Waals surface area contributed by atoms with Gasteiger partial charge in [0, 0.05) is 6.04 Å². The highest BCUT2D eigenvalue weighted by molar-refractivity contribution is 5.28. The summed E-state index contributed by atoms with van der Waals surface area (Å²) in [4.78, 5) is 0. The number of aryl methyl sites for hydroxylation is 2. The minimum absolute atomic E-state index is 0.640. The average molecular weight is 233 g/mol. The van der Waals surface area contributed by atoms with Gasteiger partial charge in [-0.05, 0) is 44.7 Å². The molecule has 0 aromatic heterocycles. The zero-order valence-corrected chi connectivity index (χ0v) is 12.0. The van der Waals surface area contributed by atoms with Crippen LogP contribution in [0.3, 0.4) is 0 Å². The molecule has 1 rings (SSSR count). The Morgan fingerprint density at radius 1 is 1.06 bits per heavy atom. The zero-order chi connectivity index (χ0) is 12.8. The molecule has 0 aliphatic heterocycles. The van der Waals surface area contributed by atoms with Crippen molar-refractivity contribution in [2.75, 3.05) is 6.54 Å². The second-order valence-electron chi connectivity index (χ2n) is 5.25. The Labute approximate surface area is 107 Å². The zero-order valence-electron chi connectivity index (χ0n) is 12.0. The molecule has 1 heteroatoms. The third-order valence-corrected chi connectivity index (χ3v) is 3.43. The molecule has 17 heavy (non-hydrogen) atoms. The van der Waals surface area contributed by atoms with Crippen LogP contribution in [0.2, 0.25) is 0 Å². The van der Waals surface area contributed by atoms with Crippen LogP contribution in [0.15, 0.2) is 18.2 Å². The van der Waals surface area contributed by atoms with E-state index in [9.17, 15) is 0 Å². The number of nitrogens with one attached hydrogen (secondary N) is 1. The maximum absolute atomic E-state index is 3.58. The van der Waals surface area contributed by atoms with Crippen molar-refractivity contribution in [3.63, 3.8) is 0 Å². The Balaban J connectivity index is 2.68. The quantitative estimate of drug-likeness (QED) is 0.786. The van der Waals surface area contributed by atoms with Gasteiger partial charge in [-0.1, -0.05) is 50.1 Å². The van der Waals surface area contributed by atoms with Crippen LogP contribution < -0.4 is 5.32 Å². The molecule has 0 amide bonds. The SMILES string of the molecule is CCNC(CC)C(C)Cc1cc(C)cc(C)c1. The van der Waals surface area contributed by atoms with E-state index in [1.807, 2.05) is 0 Å². The average Bonchev–Trinajstić information content (AvgIpc) is 2.24. The normalized spacial score (nSPS) is 14.6. The summed E-state index contributed by atoms with van der Waals surface area (Å²) < 4.78 is 0. The number of rotatable bonds is 6. The van der Waals surface area contributed by atoms with Crippen LogP contribution in [0.5, 0.6) is 0 Å². The Kier molecular flexibility index (Phi) is 5.70. The van der Waals surface area contributed by atoms with Gasteiger partial charge in [0.05, 0.1) is 0 Å². The van der Waals surface area contributed by atoms with Crippen molar-refractivity contribution < 1.29 is 0 Å². The molecule has 2 atom stereocenters. The molecule has 0 aliphatic rings. The lowest BCUT2D eigenvalue weighted by atomic mass is 9.91. The van der Waals surface area contributed by atoms with Gasteiger partial charge < -0.3 is 5.32 Å². The molecule has 0 saturated carbocycles. The molecule has 2 unspecified atom stereocenters. The highest BCUT2D eigenvalue weighted by Gasteiger charge is 2.14. The van der Waals surface area contributed by atoms with Gasteiger partial charge in [-0.25, -0.2) is 0 Å². The largest absolute Gasteiger partial charge is 0.314 e. The molecule has 1 nitrogen and oxygen atoms in total. The second-order valence-corrected chi connectivity index (χ2v) is 5.25. The number of benzene rings is 1. The Morgan fingerprint density at radius 3 is 2.12 bits per heavy atom. The van der Waals surface area contributed by atoms with E-state index >= 15 is 0 Å². The predicted molar refractivity (Wildman–Crippen MR) is 76.5 cm³/mol. The lowest BCUT2D eigenvalue weighted by Crippen LogP contribution is -2.35. The van der Waals surface area contributed by atoms with Crippen LogP contribution in [0.4, 0.5) is 0 Å². The van der Waals surface area contributed by atoms with Crippen molar-refractivity contribution in [1.29, 1.82) is 0 Å². The fourth-order valence-electron chi connectivity index (χ4n) is 2.71. The second kappa shape index (κ2) is 6.80. The fraction of sp³-hybridized carbons (Fsp3) is 0.625. The third kappa shape index (κ3) is 4.51. The van der Waals surface area contributed by atoms with Crippen LogP contribution in [0.1, 0.15) is 43.9 Å². The Bertz CT molecular complexity index is 323. The first-order valence-electron chi connectivity index (χ1n) is 6.87. The molecule has 0 spiro atoms. The van der Waals surface area contributed by atoms with E-state index in [0.717, 1.165) is 6.54 Å². The van der Waals surface area contributed by atoms with E-state index in [4.69, 9.17) is 0 Å². The van der Waals surface area contributed by atoms with Crippen LogP contribution in [-0.4, -0.2) is 12.6 Å². The van der Waals surface area contributed by atoms with Crippen LogP contribution in [0.25, 0.3) is 0 Å². The Morgan fingerprint density at radius 2 is 1.65 bits per heavy atom. The molecule has 0 aliphatic carbocycles. The minimum Gasteiger partial charge on any atom is -0.314 e. The molecule has 1 aromatic carbocycles. The summed E-state index contributed by atoms with van der Waals surface area (Å²) in [5, 5.41) is 3.58. The van der Waals surface area contributed by atoms with Gasteiger partial charge in [0.15, 0.2) is 0 Å². The summed E-state index contributed by atoms with van der Waals surface area (Å²) >= 11 is 0. The smallest absolute Gasteiger partial charge is 0.00931 e. The maximum atomic E-state index is 3.58. The van der Waals surface area contributed by atoms with Crippen molar-refractivity contribution in [2.45, 2.75) is 53.5 Å². The fourth-order valence-corrected chi connectivity index (χ4v) is 2.71. The van der Waals surface area contributed by atoms with Gasteiger partial charge in [0.2, 0.25) is 0 Å². The highest BCUT2D eigenvalue weighted by atomic mass is 14.9. The van der Waals surface area contributed by atoms with E-state index < -0.39 is 0 Å². The van der Waals surface area contributed by atoms with E-state index in [0.29, 0.717) is 12.0 Å². The topological polar surface area (TPSA) is 12.0 Å². The first kappa shape index (κ1) is 14.2. The summed E-state index contributed by atoms with van der Waals surface area (Å²) in [5.41, 5.74) is 4.23. The van der Waals surface area contributed by atoms with E-state index in [-0.39, 0.29) is 0 Å². The molecule has 0 radical (unpaired) electrons. The molecule has 0 heterocycles. The van der Waals surface area contributed by atoms with Crippen molar-refractivity contribution in [2.24, 2.45) is 5.92 Å². The Hall–Kier alpha value is -0.820. The van der Waals surface area contributed by atoms with Crippen molar-refractivity contribution in [1.82, 2.24) is 5.32 Å². The maximum Gasteiger partial charge on any atom is 0.00931 e. The van der Waals surface area contributed by atoms with Gasteiger partial charge in [0.1, 0.15) is 0 Å². The molecular weight excluding hydrogens is 206 g/mol. The first-order chi connectivity index (χ1) is 8.06. The summed E-state index contributed by atoms with van der Waals surface area (Å²) in [6, 6.07) is 7.53. The highest BCUT2D eigenvalue weighted by Crippen LogP contribution is 2.17. The van der Waals surface area contributed by atoms with E-state index in [1.165, 1.54) is 29.5 Å². The van der Waals surface area contributed by atoms with Crippen molar-refractivity contribution in [3.05, 3.63) is 34.9 Å². The van der Waals surface area contributed by atoms with Crippen LogP contribution >= 0.6 is 0 Å². The van der Waals surface area contributed by atoms with Crippen molar-refractivity contribution in [3.8, 4) is 0 Å². The molecule has 96 valence electrons. The summed E-state index contributed by atoms with van der Waals surface area (Å²) in [6.07, 6.45) is 2.38. The van der Waals surface area contributed by atoms with Gasteiger partial charge in [-0.2, -0.15) is 0 Å². The van der Waals surface area contributed by atoms with Crippen molar-refractivity contribution >= 4 is 0 Å². The van der Waals surface area contributed by atoms with E-state index in [2.05, 4.69) is 58.1 Å². The summed E-state index contributed by atoms with van der Waals surface area (Å²) in [7, 11) is 0. The minimum atomic E-state index is 0.640. The molecular formula is C16H27N. The summed E-state index contributed by atoms with van der Waals surface area (Å²) in [6.45, 7) is 12.2. The van der Waals surface area contributed by atoms with Crippen LogP contribution in [0, 0.1) is 19.8 Å². The number of hydrogen-bond acceptors (Lipinski definition) is 1.